The van der Waals surface area contributed by atoms with Crippen LogP contribution in [-0.2, 0) is 11.3 Å². The summed E-state index contributed by atoms with van der Waals surface area (Å²) in [5.41, 5.74) is 1.87. The van der Waals surface area contributed by atoms with E-state index in [0.717, 1.165) is 68.4 Å². The van der Waals surface area contributed by atoms with E-state index in [1.54, 1.807) is 7.11 Å². The molecule has 4 rings (SSSR count). The molecule has 0 unspecified atom stereocenters. The summed E-state index contributed by atoms with van der Waals surface area (Å²) in [7, 11) is 3.82. The first kappa shape index (κ1) is 23.7. The number of aromatic nitrogens is 2. The molecule has 2 fully saturated rings. The van der Waals surface area contributed by atoms with Crippen molar-refractivity contribution in [3.8, 4) is 11.5 Å². The normalized spacial score (nSPS) is 17.4. The molecule has 8 heteroatoms. The number of nitrogens with zero attached hydrogens (tertiary/aromatic N) is 4. The zero-order chi connectivity index (χ0) is 22.9. The molecule has 1 aromatic heterocycles. The lowest BCUT2D eigenvalue weighted by Gasteiger charge is -2.30. The topological polar surface area (TPSA) is 72.0 Å². The highest BCUT2D eigenvalue weighted by atomic mass is 16.5. The zero-order valence-electron chi connectivity index (χ0n) is 20.0. The summed E-state index contributed by atoms with van der Waals surface area (Å²) in [4.78, 5) is 14.0. The van der Waals surface area contributed by atoms with Gasteiger partial charge in [-0.25, -0.2) is 9.97 Å². The summed E-state index contributed by atoms with van der Waals surface area (Å²) in [5, 5.41) is 3.32. The van der Waals surface area contributed by atoms with E-state index in [0.29, 0.717) is 18.6 Å². The standard InChI is InChI=1S/C25H37N5O3/c1-29(22-9-16-32-17-10-22)19-21-8-11-26-25(28-21)27-20-6-7-23(31-2)24(18-20)33-15-5-14-30-12-3-4-13-30/h6-8,11,18,22H,3-5,9-10,12-17,19H2,1-2H3,(H,26,27,28). The number of ether oxygens (including phenoxy) is 3. The zero-order valence-corrected chi connectivity index (χ0v) is 20.0. The van der Waals surface area contributed by atoms with Crippen molar-refractivity contribution in [1.29, 1.82) is 0 Å². The number of nitrogens with one attached hydrogen (secondary N) is 1. The van der Waals surface area contributed by atoms with Gasteiger partial charge < -0.3 is 24.4 Å². The van der Waals surface area contributed by atoms with Gasteiger partial charge in [0, 0.05) is 50.3 Å². The predicted octanol–water partition coefficient (Wildman–Crippen LogP) is 3.70. The lowest BCUT2D eigenvalue weighted by molar-refractivity contribution is 0.0403. The minimum Gasteiger partial charge on any atom is -0.493 e. The Kier molecular flexibility index (Phi) is 8.74. The lowest BCUT2D eigenvalue weighted by Crippen LogP contribution is -2.36. The molecule has 0 bridgehead atoms. The molecule has 33 heavy (non-hydrogen) atoms. The molecule has 1 aromatic carbocycles. The molecule has 8 nitrogen and oxygen atoms in total. The van der Waals surface area contributed by atoms with Crippen LogP contribution in [0.5, 0.6) is 11.5 Å². The first-order valence-electron chi connectivity index (χ1n) is 12.1. The number of hydrogen-bond acceptors (Lipinski definition) is 8. The molecule has 0 atom stereocenters. The van der Waals surface area contributed by atoms with Crippen LogP contribution in [0.15, 0.2) is 30.5 Å². The summed E-state index contributed by atoms with van der Waals surface area (Å²) < 4.78 is 17.0. The van der Waals surface area contributed by atoms with E-state index < -0.39 is 0 Å². The van der Waals surface area contributed by atoms with Crippen LogP contribution in [0.2, 0.25) is 0 Å². The van der Waals surface area contributed by atoms with E-state index in [2.05, 4.69) is 27.1 Å². The maximum absolute atomic E-state index is 6.06. The van der Waals surface area contributed by atoms with Gasteiger partial charge in [0.15, 0.2) is 11.5 Å². The molecule has 2 saturated heterocycles. The smallest absolute Gasteiger partial charge is 0.227 e. The first-order valence-corrected chi connectivity index (χ1v) is 12.1. The number of benzene rings is 1. The molecule has 0 aliphatic carbocycles. The number of hydrogen-bond donors (Lipinski definition) is 1. The third-order valence-electron chi connectivity index (χ3n) is 6.43. The second-order valence-electron chi connectivity index (χ2n) is 8.87. The van der Waals surface area contributed by atoms with Crippen LogP contribution < -0.4 is 14.8 Å². The van der Waals surface area contributed by atoms with Crippen LogP contribution in [-0.4, -0.2) is 79.4 Å². The fourth-order valence-electron chi connectivity index (χ4n) is 4.53. The highest BCUT2D eigenvalue weighted by Gasteiger charge is 2.19. The third-order valence-corrected chi connectivity index (χ3v) is 6.43. The van der Waals surface area contributed by atoms with Crippen molar-refractivity contribution in [1.82, 2.24) is 19.8 Å². The summed E-state index contributed by atoms with van der Waals surface area (Å²) >= 11 is 0. The maximum atomic E-state index is 6.06. The Morgan fingerprint density at radius 3 is 2.76 bits per heavy atom. The third kappa shape index (κ3) is 7.03. The van der Waals surface area contributed by atoms with Crippen molar-refractivity contribution in [2.75, 3.05) is 58.9 Å². The van der Waals surface area contributed by atoms with Gasteiger partial charge in [0.2, 0.25) is 5.95 Å². The maximum Gasteiger partial charge on any atom is 0.227 e. The van der Waals surface area contributed by atoms with Crippen molar-refractivity contribution in [3.05, 3.63) is 36.2 Å². The van der Waals surface area contributed by atoms with Crippen molar-refractivity contribution in [3.63, 3.8) is 0 Å². The number of likely N-dealkylation sites (tertiary alicyclic amines) is 1. The minimum atomic E-state index is 0.539. The number of anilines is 2. The molecular formula is C25H37N5O3. The van der Waals surface area contributed by atoms with E-state index in [4.69, 9.17) is 19.2 Å². The van der Waals surface area contributed by atoms with Crippen LogP contribution in [0, 0.1) is 0 Å². The summed E-state index contributed by atoms with van der Waals surface area (Å²) in [6.45, 7) is 6.65. The highest BCUT2D eigenvalue weighted by molar-refractivity contribution is 5.59. The average molecular weight is 456 g/mol. The second-order valence-corrected chi connectivity index (χ2v) is 8.87. The number of rotatable bonds is 11. The highest BCUT2D eigenvalue weighted by Crippen LogP contribution is 2.31. The second kappa shape index (κ2) is 12.2. The van der Waals surface area contributed by atoms with E-state index in [9.17, 15) is 0 Å². The van der Waals surface area contributed by atoms with E-state index in [1.165, 1.54) is 25.9 Å². The molecular weight excluding hydrogens is 418 g/mol. The van der Waals surface area contributed by atoms with E-state index in [-0.39, 0.29) is 0 Å². The molecule has 2 aromatic rings. The SMILES string of the molecule is COc1ccc(Nc2nccc(CN(C)C3CCOCC3)n2)cc1OCCCN1CCCC1. The molecule has 0 saturated carbocycles. The van der Waals surface area contributed by atoms with Crippen LogP contribution >= 0.6 is 0 Å². The Morgan fingerprint density at radius 2 is 1.97 bits per heavy atom. The van der Waals surface area contributed by atoms with Crippen LogP contribution in [0.3, 0.4) is 0 Å². The molecule has 0 spiro atoms. The predicted molar refractivity (Wildman–Crippen MR) is 129 cm³/mol. The first-order chi connectivity index (χ1) is 16.2. The van der Waals surface area contributed by atoms with Gasteiger partial charge in [-0.2, -0.15) is 0 Å². The van der Waals surface area contributed by atoms with Gasteiger partial charge in [-0.3, -0.25) is 4.90 Å². The fraction of sp³-hybridized carbons (Fsp3) is 0.600. The van der Waals surface area contributed by atoms with Crippen molar-refractivity contribution in [2.45, 2.75) is 44.7 Å². The van der Waals surface area contributed by atoms with Gasteiger partial charge in [-0.15, -0.1) is 0 Å². The summed E-state index contributed by atoms with van der Waals surface area (Å²) in [6, 6.07) is 8.35. The molecule has 0 radical (unpaired) electrons. The van der Waals surface area contributed by atoms with Crippen molar-refractivity contribution >= 4 is 11.6 Å². The molecule has 2 aliphatic rings. The quantitative estimate of drug-likeness (QED) is 0.514. The van der Waals surface area contributed by atoms with Gasteiger partial charge >= 0.3 is 0 Å². The Hall–Kier alpha value is -2.42. The van der Waals surface area contributed by atoms with E-state index in [1.807, 2.05) is 30.5 Å². The Morgan fingerprint density at radius 1 is 1.15 bits per heavy atom. The Balaban J connectivity index is 1.33. The largest absolute Gasteiger partial charge is 0.493 e. The summed E-state index contributed by atoms with van der Waals surface area (Å²) in [5.74, 6) is 2.05. The molecule has 180 valence electrons. The van der Waals surface area contributed by atoms with Crippen molar-refractivity contribution in [2.24, 2.45) is 0 Å². The lowest BCUT2D eigenvalue weighted by atomic mass is 10.1. The van der Waals surface area contributed by atoms with Crippen molar-refractivity contribution < 1.29 is 14.2 Å². The van der Waals surface area contributed by atoms with Gasteiger partial charge in [0.25, 0.3) is 0 Å². The minimum absolute atomic E-state index is 0.539. The average Bonchev–Trinajstić information content (AvgIpc) is 3.36. The summed E-state index contributed by atoms with van der Waals surface area (Å²) in [6.07, 6.45) is 7.59. The van der Waals surface area contributed by atoms with Crippen LogP contribution in [0.4, 0.5) is 11.6 Å². The van der Waals surface area contributed by atoms with Gasteiger partial charge in [-0.1, -0.05) is 0 Å². The van der Waals surface area contributed by atoms with Crippen LogP contribution in [0.1, 0.15) is 37.8 Å². The van der Waals surface area contributed by atoms with Gasteiger partial charge in [0.05, 0.1) is 19.4 Å². The Labute approximate surface area is 197 Å². The monoisotopic (exact) mass is 455 g/mol. The molecule has 0 amide bonds. The molecule has 1 N–H and O–H groups in total. The molecule has 2 aliphatic heterocycles. The number of methoxy groups -OCH3 is 1. The molecule has 3 heterocycles. The van der Waals surface area contributed by atoms with E-state index >= 15 is 0 Å². The van der Waals surface area contributed by atoms with Gasteiger partial charge in [0.1, 0.15) is 0 Å². The fourth-order valence-corrected chi connectivity index (χ4v) is 4.53. The van der Waals surface area contributed by atoms with Crippen LogP contribution in [0.25, 0.3) is 0 Å². The van der Waals surface area contributed by atoms with Gasteiger partial charge in [-0.05, 0) is 70.4 Å². The Bertz CT molecular complexity index is 869.